The highest BCUT2D eigenvalue weighted by Crippen LogP contribution is 2.14. The van der Waals surface area contributed by atoms with Gasteiger partial charge in [-0.2, -0.15) is 0 Å². The number of aliphatic hydroxyl groups excluding tert-OH is 1. The van der Waals surface area contributed by atoms with Gasteiger partial charge in [0.05, 0.1) is 6.61 Å². The molecule has 10 heavy (non-hydrogen) atoms. The lowest BCUT2D eigenvalue weighted by Crippen LogP contribution is -1.81. The van der Waals surface area contributed by atoms with Crippen molar-refractivity contribution in [3.05, 3.63) is 29.8 Å². The lowest BCUT2D eigenvalue weighted by atomic mass is 10.2. The first-order chi connectivity index (χ1) is 4.86. The van der Waals surface area contributed by atoms with Crippen LogP contribution in [-0.4, -0.2) is 11.4 Å². The fraction of sp³-hybridized carbons (Fsp3) is 0.250. The normalized spacial score (nSPS) is 9.80. The van der Waals surface area contributed by atoms with Gasteiger partial charge < -0.3 is 5.11 Å². The molecular weight excluding hydrogens is 144 g/mol. The van der Waals surface area contributed by atoms with Gasteiger partial charge in [-0.3, -0.25) is 0 Å². The minimum absolute atomic E-state index is 0.113. The first-order valence-electron chi connectivity index (χ1n) is 3.02. The van der Waals surface area contributed by atoms with Gasteiger partial charge in [-0.25, -0.2) is 0 Å². The van der Waals surface area contributed by atoms with Gasteiger partial charge in [-0.15, -0.1) is 11.8 Å². The van der Waals surface area contributed by atoms with Crippen LogP contribution in [-0.2, 0) is 6.61 Å². The summed E-state index contributed by atoms with van der Waals surface area (Å²) >= 11 is 1.63. The van der Waals surface area contributed by atoms with Gasteiger partial charge in [0.1, 0.15) is 0 Å². The van der Waals surface area contributed by atoms with Gasteiger partial charge in [0.15, 0.2) is 0 Å². The minimum atomic E-state index is 0.113. The molecule has 0 amide bonds. The van der Waals surface area contributed by atoms with Crippen molar-refractivity contribution in [2.45, 2.75) is 11.5 Å². The quantitative estimate of drug-likeness (QED) is 0.652. The van der Waals surface area contributed by atoms with Crippen LogP contribution in [0, 0.1) is 6.07 Å². The number of rotatable bonds is 2. The zero-order chi connectivity index (χ0) is 7.40. The van der Waals surface area contributed by atoms with Crippen LogP contribution in [0.2, 0.25) is 0 Å². The zero-order valence-corrected chi connectivity index (χ0v) is 6.61. The number of aliphatic hydroxyl groups is 1. The predicted molar refractivity (Wildman–Crippen MR) is 43.0 cm³/mol. The Labute approximate surface area is 65.1 Å². The molecule has 1 N–H and O–H groups in total. The fourth-order valence-electron chi connectivity index (χ4n) is 0.705. The van der Waals surface area contributed by atoms with Crippen molar-refractivity contribution in [1.29, 1.82) is 0 Å². The molecule has 53 valence electrons. The summed E-state index contributed by atoms with van der Waals surface area (Å²) in [5.41, 5.74) is 0.947. The lowest BCUT2D eigenvalue weighted by Gasteiger charge is -1.97. The monoisotopic (exact) mass is 153 g/mol. The highest BCUT2D eigenvalue weighted by Gasteiger charge is 1.91. The molecule has 1 rings (SSSR count). The van der Waals surface area contributed by atoms with E-state index in [9.17, 15) is 0 Å². The molecular formula is C8H9OS. The number of thioether (sulfide) groups is 1. The number of hydrogen-bond acceptors (Lipinski definition) is 2. The molecule has 0 atom stereocenters. The van der Waals surface area contributed by atoms with Gasteiger partial charge in [0, 0.05) is 4.90 Å². The van der Waals surface area contributed by atoms with E-state index >= 15 is 0 Å². The largest absolute Gasteiger partial charge is 0.392 e. The van der Waals surface area contributed by atoms with Crippen LogP contribution in [0.5, 0.6) is 0 Å². The molecule has 1 aromatic carbocycles. The van der Waals surface area contributed by atoms with E-state index in [1.54, 1.807) is 11.8 Å². The Bertz CT molecular complexity index is 191. The third kappa shape index (κ3) is 1.75. The molecule has 1 nitrogen and oxygen atoms in total. The van der Waals surface area contributed by atoms with Crippen LogP contribution in [0.1, 0.15) is 5.56 Å². The van der Waals surface area contributed by atoms with Crippen LogP contribution >= 0.6 is 11.8 Å². The topological polar surface area (TPSA) is 20.2 Å². The Kier molecular flexibility index (Phi) is 2.78. The Morgan fingerprint density at radius 2 is 2.50 bits per heavy atom. The molecule has 2 heteroatoms. The molecule has 0 aromatic heterocycles. The Morgan fingerprint density at radius 3 is 3.10 bits per heavy atom. The summed E-state index contributed by atoms with van der Waals surface area (Å²) in [7, 11) is 0. The molecule has 0 aliphatic carbocycles. The average Bonchev–Trinajstić information content (AvgIpc) is 2.05. The number of benzene rings is 1. The molecule has 0 spiro atoms. The summed E-state index contributed by atoms with van der Waals surface area (Å²) in [5, 5.41) is 8.73. The standard InChI is InChI=1S/C8H9OS/c1-10-8-4-2-3-7(5-8)6-9/h2-3,5,9H,6H2,1H3. The van der Waals surface area contributed by atoms with E-state index in [1.165, 1.54) is 0 Å². The Morgan fingerprint density at radius 1 is 1.70 bits per heavy atom. The molecule has 0 unspecified atom stereocenters. The smallest absolute Gasteiger partial charge is 0.0682 e. The second-order valence-corrected chi connectivity index (χ2v) is 2.77. The molecule has 0 saturated carbocycles. The van der Waals surface area contributed by atoms with Crippen molar-refractivity contribution in [2.24, 2.45) is 0 Å². The summed E-state index contributed by atoms with van der Waals surface area (Å²) in [6.45, 7) is 0.113. The molecule has 0 saturated heterocycles. The average molecular weight is 153 g/mol. The van der Waals surface area contributed by atoms with Crippen LogP contribution in [0.25, 0.3) is 0 Å². The van der Waals surface area contributed by atoms with E-state index in [0.29, 0.717) is 0 Å². The van der Waals surface area contributed by atoms with Crippen LogP contribution < -0.4 is 0 Å². The third-order valence-electron chi connectivity index (χ3n) is 1.24. The van der Waals surface area contributed by atoms with Gasteiger partial charge in [-0.1, -0.05) is 12.1 Å². The molecule has 0 aliphatic heterocycles. The summed E-state index contributed by atoms with van der Waals surface area (Å²) in [6, 6.07) is 8.67. The predicted octanol–water partition coefficient (Wildman–Crippen LogP) is 1.70. The third-order valence-corrected chi connectivity index (χ3v) is 1.92. The van der Waals surface area contributed by atoms with Crippen molar-refractivity contribution >= 4 is 11.8 Å². The summed E-state index contributed by atoms with van der Waals surface area (Å²) in [5.74, 6) is 0. The highest BCUT2D eigenvalue weighted by atomic mass is 32.2. The van der Waals surface area contributed by atoms with Crippen LogP contribution in [0.15, 0.2) is 23.1 Å². The summed E-state index contributed by atoms with van der Waals surface area (Å²) in [4.78, 5) is 1.08. The van der Waals surface area contributed by atoms with Gasteiger partial charge in [-0.05, 0) is 24.0 Å². The van der Waals surface area contributed by atoms with Crippen molar-refractivity contribution in [3.63, 3.8) is 0 Å². The molecule has 0 bridgehead atoms. The lowest BCUT2D eigenvalue weighted by molar-refractivity contribution is 0.281. The first-order valence-corrected chi connectivity index (χ1v) is 4.24. The van der Waals surface area contributed by atoms with E-state index in [2.05, 4.69) is 6.07 Å². The molecule has 0 fully saturated rings. The first kappa shape index (κ1) is 7.63. The summed E-state index contributed by atoms with van der Waals surface area (Å²) < 4.78 is 0. The van der Waals surface area contributed by atoms with E-state index in [-0.39, 0.29) is 6.61 Å². The van der Waals surface area contributed by atoms with Crippen molar-refractivity contribution in [1.82, 2.24) is 0 Å². The highest BCUT2D eigenvalue weighted by molar-refractivity contribution is 7.98. The van der Waals surface area contributed by atoms with Crippen molar-refractivity contribution in [3.8, 4) is 0 Å². The maximum Gasteiger partial charge on any atom is 0.0682 e. The van der Waals surface area contributed by atoms with E-state index in [0.717, 1.165) is 10.5 Å². The molecule has 0 aliphatic rings. The van der Waals surface area contributed by atoms with E-state index < -0.39 is 0 Å². The van der Waals surface area contributed by atoms with E-state index in [1.807, 2.05) is 24.5 Å². The molecule has 1 aromatic rings. The Hall–Kier alpha value is -0.470. The van der Waals surface area contributed by atoms with Gasteiger partial charge in [0.2, 0.25) is 0 Å². The Balaban J connectivity index is 2.87. The van der Waals surface area contributed by atoms with Crippen molar-refractivity contribution in [2.75, 3.05) is 6.26 Å². The van der Waals surface area contributed by atoms with Gasteiger partial charge >= 0.3 is 0 Å². The summed E-state index contributed by atoms with van der Waals surface area (Å²) in [6.07, 6.45) is 1.99. The zero-order valence-electron chi connectivity index (χ0n) is 5.79. The minimum Gasteiger partial charge on any atom is -0.392 e. The van der Waals surface area contributed by atoms with E-state index in [4.69, 9.17) is 5.11 Å². The second-order valence-electron chi connectivity index (χ2n) is 1.92. The van der Waals surface area contributed by atoms with Crippen LogP contribution in [0.3, 0.4) is 0 Å². The SMILES string of the molecule is CSc1[c]ccc(CO)c1. The molecule has 1 radical (unpaired) electrons. The maximum atomic E-state index is 8.73. The maximum absolute atomic E-state index is 8.73. The van der Waals surface area contributed by atoms with Gasteiger partial charge in [0.25, 0.3) is 0 Å². The van der Waals surface area contributed by atoms with Crippen molar-refractivity contribution < 1.29 is 5.11 Å². The second kappa shape index (κ2) is 3.64. The fourth-order valence-corrected chi connectivity index (χ4v) is 1.16. The molecule has 0 heterocycles. The number of hydrogen-bond donors (Lipinski definition) is 1. The van der Waals surface area contributed by atoms with Crippen LogP contribution in [0.4, 0.5) is 0 Å².